The predicted octanol–water partition coefficient (Wildman–Crippen LogP) is 1.57. The van der Waals surface area contributed by atoms with Crippen LogP contribution in [0, 0.1) is 5.82 Å². The Morgan fingerprint density at radius 3 is 2.47 bits per heavy atom. The standard InChI is InChI=1S/C12H15FN2O3S/c1-2-18-15-12(17)8-19-7-11(16)14-10-5-3-9(13)4-6-10/h3-6H,2,7-8H2,1H3,(H,14,16)(H,15,17). The number of amides is 2. The highest BCUT2D eigenvalue weighted by Crippen LogP contribution is 2.09. The number of halogens is 1. The van der Waals surface area contributed by atoms with Crippen molar-refractivity contribution in [2.75, 3.05) is 23.4 Å². The molecule has 0 aromatic heterocycles. The van der Waals surface area contributed by atoms with E-state index >= 15 is 0 Å². The number of thioether (sulfide) groups is 1. The van der Waals surface area contributed by atoms with E-state index in [0.717, 1.165) is 11.8 Å². The van der Waals surface area contributed by atoms with Crippen molar-refractivity contribution in [2.45, 2.75) is 6.92 Å². The fourth-order valence-electron chi connectivity index (χ4n) is 1.15. The van der Waals surface area contributed by atoms with Crippen molar-refractivity contribution >= 4 is 29.3 Å². The normalized spacial score (nSPS) is 10.0. The topological polar surface area (TPSA) is 67.4 Å². The van der Waals surface area contributed by atoms with Crippen molar-refractivity contribution in [2.24, 2.45) is 0 Å². The molecule has 19 heavy (non-hydrogen) atoms. The van der Waals surface area contributed by atoms with Crippen LogP contribution in [0.5, 0.6) is 0 Å². The molecule has 0 bridgehead atoms. The van der Waals surface area contributed by atoms with Gasteiger partial charge in [0.1, 0.15) is 5.82 Å². The molecular weight excluding hydrogens is 271 g/mol. The van der Waals surface area contributed by atoms with Gasteiger partial charge in [-0.25, -0.2) is 9.87 Å². The highest BCUT2D eigenvalue weighted by Gasteiger charge is 2.06. The van der Waals surface area contributed by atoms with Crippen LogP contribution < -0.4 is 10.8 Å². The zero-order valence-corrected chi connectivity index (χ0v) is 11.3. The first-order chi connectivity index (χ1) is 9.11. The summed E-state index contributed by atoms with van der Waals surface area (Å²) in [4.78, 5) is 27.4. The summed E-state index contributed by atoms with van der Waals surface area (Å²) in [5, 5.41) is 2.60. The zero-order valence-electron chi connectivity index (χ0n) is 10.4. The molecule has 0 aliphatic carbocycles. The van der Waals surface area contributed by atoms with Crippen molar-refractivity contribution < 1.29 is 18.8 Å². The maximum atomic E-state index is 12.6. The molecule has 1 rings (SSSR count). The molecule has 0 radical (unpaired) electrons. The molecule has 0 saturated carbocycles. The number of hydrogen-bond donors (Lipinski definition) is 2. The summed E-state index contributed by atoms with van der Waals surface area (Å²) < 4.78 is 12.6. The molecule has 0 spiro atoms. The fraction of sp³-hybridized carbons (Fsp3) is 0.333. The van der Waals surface area contributed by atoms with Gasteiger partial charge in [-0.3, -0.25) is 14.4 Å². The van der Waals surface area contributed by atoms with E-state index in [1.165, 1.54) is 24.3 Å². The Labute approximate surface area is 114 Å². The lowest BCUT2D eigenvalue weighted by atomic mass is 10.3. The number of rotatable bonds is 7. The number of hydroxylamine groups is 1. The average molecular weight is 286 g/mol. The average Bonchev–Trinajstić information content (AvgIpc) is 2.39. The number of hydrogen-bond acceptors (Lipinski definition) is 4. The van der Waals surface area contributed by atoms with Crippen LogP contribution in [0.4, 0.5) is 10.1 Å². The first kappa shape index (κ1) is 15.5. The highest BCUT2D eigenvalue weighted by atomic mass is 32.2. The van der Waals surface area contributed by atoms with Gasteiger partial charge in [0.15, 0.2) is 0 Å². The highest BCUT2D eigenvalue weighted by molar-refractivity contribution is 8.00. The SMILES string of the molecule is CCONC(=O)CSCC(=O)Nc1ccc(F)cc1. The van der Waals surface area contributed by atoms with Crippen LogP contribution >= 0.6 is 11.8 Å². The minimum Gasteiger partial charge on any atom is -0.325 e. The van der Waals surface area contributed by atoms with Crippen molar-refractivity contribution in [1.29, 1.82) is 0 Å². The summed E-state index contributed by atoms with van der Waals surface area (Å²) >= 11 is 1.16. The molecule has 0 aliphatic rings. The maximum absolute atomic E-state index is 12.6. The number of nitrogens with one attached hydrogen (secondary N) is 2. The van der Waals surface area contributed by atoms with E-state index in [4.69, 9.17) is 4.84 Å². The second-order valence-electron chi connectivity index (χ2n) is 3.51. The van der Waals surface area contributed by atoms with Gasteiger partial charge >= 0.3 is 0 Å². The second kappa shape index (κ2) is 8.49. The van der Waals surface area contributed by atoms with Gasteiger partial charge < -0.3 is 5.32 Å². The van der Waals surface area contributed by atoms with Gasteiger partial charge in [0.05, 0.1) is 18.1 Å². The van der Waals surface area contributed by atoms with Gasteiger partial charge in [0.25, 0.3) is 5.91 Å². The van der Waals surface area contributed by atoms with E-state index < -0.39 is 0 Å². The van der Waals surface area contributed by atoms with E-state index in [0.29, 0.717) is 12.3 Å². The maximum Gasteiger partial charge on any atom is 0.253 e. The molecule has 2 amide bonds. The van der Waals surface area contributed by atoms with Crippen molar-refractivity contribution in [3.63, 3.8) is 0 Å². The van der Waals surface area contributed by atoms with Gasteiger partial charge in [0, 0.05) is 5.69 Å². The summed E-state index contributed by atoms with van der Waals surface area (Å²) in [5.74, 6) is -0.629. The quantitative estimate of drug-likeness (QED) is 0.747. The lowest BCUT2D eigenvalue weighted by molar-refractivity contribution is -0.130. The lowest BCUT2D eigenvalue weighted by Gasteiger charge is -2.05. The Bertz CT molecular complexity index is 425. The van der Waals surface area contributed by atoms with Crippen LogP contribution in [0.2, 0.25) is 0 Å². The third kappa shape index (κ3) is 6.78. The minimum absolute atomic E-state index is 0.136. The van der Waals surface area contributed by atoms with Crippen LogP contribution in [0.3, 0.4) is 0 Å². The molecule has 1 aromatic rings. The largest absolute Gasteiger partial charge is 0.325 e. The van der Waals surface area contributed by atoms with E-state index in [1.54, 1.807) is 6.92 Å². The summed E-state index contributed by atoms with van der Waals surface area (Å²) in [6, 6.07) is 5.47. The number of anilines is 1. The Kier molecular flexibility index (Phi) is 6.91. The van der Waals surface area contributed by atoms with E-state index in [1.807, 2.05) is 0 Å². The zero-order chi connectivity index (χ0) is 14.1. The molecule has 7 heteroatoms. The second-order valence-corrected chi connectivity index (χ2v) is 4.49. The summed E-state index contributed by atoms with van der Waals surface area (Å²) in [6.45, 7) is 2.14. The molecule has 0 unspecified atom stereocenters. The summed E-state index contributed by atoms with van der Waals surface area (Å²) in [7, 11) is 0. The Hall–Kier alpha value is -1.60. The van der Waals surface area contributed by atoms with Crippen molar-refractivity contribution in [3.05, 3.63) is 30.1 Å². The smallest absolute Gasteiger partial charge is 0.253 e. The first-order valence-electron chi connectivity index (χ1n) is 5.65. The van der Waals surface area contributed by atoms with Crippen LogP contribution in [-0.2, 0) is 14.4 Å². The van der Waals surface area contributed by atoms with Gasteiger partial charge in [-0.05, 0) is 31.2 Å². The van der Waals surface area contributed by atoms with Crippen molar-refractivity contribution in [3.8, 4) is 0 Å². The molecule has 0 aliphatic heterocycles. The van der Waals surface area contributed by atoms with Gasteiger partial charge in [-0.1, -0.05) is 0 Å². The van der Waals surface area contributed by atoms with Crippen LogP contribution in [0.1, 0.15) is 6.92 Å². The Morgan fingerprint density at radius 1 is 1.21 bits per heavy atom. The van der Waals surface area contributed by atoms with Crippen molar-refractivity contribution in [1.82, 2.24) is 5.48 Å². The van der Waals surface area contributed by atoms with Crippen LogP contribution in [-0.4, -0.2) is 29.9 Å². The molecule has 1 aromatic carbocycles. The molecule has 104 valence electrons. The summed E-state index contributed by atoms with van der Waals surface area (Å²) in [5.41, 5.74) is 2.75. The molecule has 2 N–H and O–H groups in total. The number of carbonyl (C=O) groups is 2. The van der Waals surface area contributed by atoms with Gasteiger partial charge in [0.2, 0.25) is 5.91 Å². The van der Waals surface area contributed by atoms with E-state index in [9.17, 15) is 14.0 Å². The van der Waals surface area contributed by atoms with E-state index in [2.05, 4.69) is 10.8 Å². The van der Waals surface area contributed by atoms with Gasteiger partial charge in [-0.15, -0.1) is 11.8 Å². The minimum atomic E-state index is -0.361. The molecule has 0 heterocycles. The first-order valence-corrected chi connectivity index (χ1v) is 6.81. The summed E-state index contributed by atoms with van der Waals surface area (Å²) in [6.07, 6.45) is 0. The molecule has 0 fully saturated rings. The third-order valence-corrected chi connectivity index (χ3v) is 2.86. The number of benzene rings is 1. The predicted molar refractivity (Wildman–Crippen MR) is 72.1 cm³/mol. The number of carbonyl (C=O) groups excluding carboxylic acids is 2. The Balaban J connectivity index is 2.21. The van der Waals surface area contributed by atoms with Gasteiger partial charge in [-0.2, -0.15) is 0 Å². The fourth-order valence-corrected chi connectivity index (χ4v) is 1.75. The third-order valence-electron chi connectivity index (χ3n) is 1.92. The lowest BCUT2D eigenvalue weighted by Crippen LogP contribution is -2.26. The Morgan fingerprint density at radius 2 is 1.84 bits per heavy atom. The van der Waals surface area contributed by atoms with Crippen LogP contribution in [0.15, 0.2) is 24.3 Å². The molecule has 5 nitrogen and oxygen atoms in total. The molecule has 0 atom stereocenters. The molecular formula is C12H15FN2O3S. The molecule has 0 saturated heterocycles. The van der Waals surface area contributed by atoms with E-state index in [-0.39, 0.29) is 29.1 Å². The van der Waals surface area contributed by atoms with Crippen LogP contribution in [0.25, 0.3) is 0 Å². The monoisotopic (exact) mass is 286 g/mol.